The maximum absolute atomic E-state index is 12.5. The number of hydrogen-bond donors (Lipinski definition) is 2. The van der Waals surface area contributed by atoms with Gasteiger partial charge in [-0.3, -0.25) is 4.99 Å². The molecule has 0 radical (unpaired) electrons. The molecule has 130 valence electrons. The SMILES string of the molecule is CN=C(NCCc1nc(C(F)(F)F)cs1)NC1CCC(SC)C1. The van der Waals surface area contributed by atoms with E-state index in [-0.39, 0.29) is 0 Å². The van der Waals surface area contributed by atoms with Gasteiger partial charge in [-0.05, 0) is 25.5 Å². The van der Waals surface area contributed by atoms with Crippen LogP contribution >= 0.6 is 23.1 Å². The van der Waals surface area contributed by atoms with Crippen LogP contribution in [-0.2, 0) is 12.6 Å². The number of alkyl halides is 3. The Balaban J connectivity index is 1.75. The summed E-state index contributed by atoms with van der Waals surface area (Å²) in [5.74, 6) is 0.698. The number of aromatic nitrogens is 1. The summed E-state index contributed by atoms with van der Waals surface area (Å²) >= 11 is 2.93. The van der Waals surface area contributed by atoms with Gasteiger partial charge in [-0.2, -0.15) is 24.9 Å². The molecule has 0 saturated heterocycles. The quantitative estimate of drug-likeness (QED) is 0.621. The minimum atomic E-state index is -4.37. The van der Waals surface area contributed by atoms with Crippen molar-refractivity contribution in [1.29, 1.82) is 0 Å². The third-order valence-corrected chi connectivity index (χ3v) is 5.76. The normalized spacial score (nSPS) is 22.4. The van der Waals surface area contributed by atoms with Crippen molar-refractivity contribution in [3.05, 3.63) is 16.1 Å². The lowest BCUT2D eigenvalue weighted by Crippen LogP contribution is -2.43. The molecule has 4 nitrogen and oxygen atoms in total. The maximum Gasteiger partial charge on any atom is 0.434 e. The molecule has 1 fully saturated rings. The second kappa shape index (κ2) is 8.23. The van der Waals surface area contributed by atoms with Gasteiger partial charge in [0.05, 0.1) is 5.01 Å². The van der Waals surface area contributed by atoms with Crippen LogP contribution in [0.1, 0.15) is 30.0 Å². The van der Waals surface area contributed by atoms with Gasteiger partial charge in [0.25, 0.3) is 0 Å². The number of thioether (sulfide) groups is 1. The fourth-order valence-corrected chi connectivity index (χ4v) is 4.12. The minimum Gasteiger partial charge on any atom is -0.356 e. The van der Waals surface area contributed by atoms with E-state index < -0.39 is 11.9 Å². The van der Waals surface area contributed by atoms with E-state index >= 15 is 0 Å². The molecule has 9 heteroatoms. The molecule has 2 rings (SSSR count). The van der Waals surface area contributed by atoms with Crippen molar-refractivity contribution in [2.75, 3.05) is 19.8 Å². The first-order valence-electron chi connectivity index (χ1n) is 7.44. The zero-order chi connectivity index (χ0) is 16.9. The number of thiazole rings is 1. The molecule has 0 bridgehead atoms. The average Bonchev–Trinajstić information content (AvgIpc) is 3.14. The average molecular weight is 366 g/mol. The summed E-state index contributed by atoms with van der Waals surface area (Å²) in [4.78, 5) is 7.79. The second-order valence-electron chi connectivity index (χ2n) is 5.39. The largest absolute Gasteiger partial charge is 0.434 e. The van der Waals surface area contributed by atoms with Crippen LogP contribution in [0.15, 0.2) is 10.4 Å². The Hall–Kier alpha value is -0.960. The first-order valence-corrected chi connectivity index (χ1v) is 9.60. The Kier molecular flexibility index (Phi) is 6.58. The van der Waals surface area contributed by atoms with Crippen molar-refractivity contribution in [1.82, 2.24) is 15.6 Å². The lowest BCUT2D eigenvalue weighted by molar-refractivity contribution is -0.140. The predicted molar refractivity (Wildman–Crippen MR) is 90.3 cm³/mol. The van der Waals surface area contributed by atoms with Crippen molar-refractivity contribution in [3.8, 4) is 0 Å². The molecular formula is C14H21F3N4S2. The summed E-state index contributed by atoms with van der Waals surface area (Å²) in [7, 11) is 1.70. The van der Waals surface area contributed by atoms with Crippen LogP contribution in [0.3, 0.4) is 0 Å². The lowest BCUT2D eigenvalue weighted by atomic mass is 10.2. The highest BCUT2D eigenvalue weighted by Gasteiger charge is 2.33. The Morgan fingerprint density at radius 3 is 2.83 bits per heavy atom. The van der Waals surface area contributed by atoms with E-state index in [9.17, 15) is 13.2 Å². The molecular weight excluding hydrogens is 345 g/mol. The van der Waals surface area contributed by atoms with Crippen molar-refractivity contribution in [2.45, 2.75) is 43.2 Å². The Morgan fingerprint density at radius 1 is 1.48 bits per heavy atom. The van der Waals surface area contributed by atoms with E-state index in [1.54, 1.807) is 7.05 Å². The molecule has 23 heavy (non-hydrogen) atoms. The zero-order valence-corrected chi connectivity index (χ0v) is 14.7. The second-order valence-corrected chi connectivity index (χ2v) is 7.47. The van der Waals surface area contributed by atoms with Gasteiger partial charge in [-0.1, -0.05) is 0 Å². The first kappa shape index (κ1) is 18.4. The number of nitrogens with zero attached hydrogens (tertiary/aromatic N) is 2. The number of hydrogen-bond acceptors (Lipinski definition) is 4. The number of rotatable bonds is 5. The molecule has 0 amide bonds. The summed E-state index contributed by atoms with van der Waals surface area (Å²) in [6.45, 7) is 0.503. The molecule has 2 N–H and O–H groups in total. The summed E-state index contributed by atoms with van der Waals surface area (Å²) in [5.41, 5.74) is -0.811. The van der Waals surface area contributed by atoms with Gasteiger partial charge in [0.2, 0.25) is 0 Å². The molecule has 0 aliphatic heterocycles. The Labute approximate surface area is 142 Å². The molecule has 2 unspecified atom stereocenters. The summed E-state index contributed by atoms with van der Waals surface area (Å²) in [6, 6.07) is 0.412. The van der Waals surface area contributed by atoms with E-state index in [4.69, 9.17) is 0 Å². The van der Waals surface area contributed by atoms with Crippen LogP contribution in [0.2, 0.25) is 0 Å². The van der Waals surface area contributed by atoms with Crippen LogP contribution in [0.5, 0.6) is 0 Å². The lowest BCUT2D eigenvalue weighted by Gasteiger charge is -2.17. The minimum absolute atomic E-state index is 0.412. The molecule has 1 aromatic rings. The summed E-state index contributed by atoms with van der Waals surface area (Å²) in [5, 5.41) is 8.75. The Bertz CT molecular complexity index is 530. The highest BCUT2D eigenvalue weighted by molar-refractivity contribution is 7.99. The van der Waals surface area contributed by atoms with Gasteiger partial charge in [0, 0.05) is 36.7 Å². The van der Waals surface area contributed by atoms with Crippen molar-refractivity contribution in [3.63, 3.8) is 0 Å². The number of guanidine groups is 1. The smallest absolute Gasteiger partial charge is 0.356 e. The topological polar surface area (TPSA) is 49.3 Å². The van der Waals surface area contributed by atoms with Crippen molar-refractivity contribution >= 4 is 29.1 Å². The highest BCUT2D eigenvalue weighted by Crippen LogP contribution is 2.30. The van der Waals surface area contributed by atoms with E-state index in [1.165, 1.54) is 6.42 Å². The van der Waals surface area contributed by atoms with Crippen LogP contribution in [0.25, 0.3) is 0 Å². The van der Waals surface area contributed by atoms with Crippen molar-refractivity contribution in [2.24, 2.45) is 4.99 Å². The predicted octanol–water partition coefficient (Wildman–Crippen LogP) is 3.15. The molecule has 0 spiro atoms. The fourth-order valence-electron chi connectivity index (χ4n) is 2.52. The third kappa shape index (κ3) is 5.56. The zero-order valence-electron chi connectivity index (χ0n) is 13.1. The number of aliphatic imine (C=N–C) groups is 1. The molecule has 1 aliphatic rings. The van der Waals surface area contributed by atoms with E-state index in [0.717, 1.165) is 29.6 Å². The molecule has 1 heterocycles. The van der Waals surface area contributed by atoms with Crippen molar-refractivity contribution < 1.29 is 13.2 Å². The first-order chi connectivity index (χ1) is 10.9. The van der Waals surface area contributed by atoms with Gasteiger partial charge in [-0.15, -0.1) is 11.3 Å². The molecule has 2 atom stereocenters. The van der Waals surface area contributed by atoms with Gasteiger partial charge in [0.1, 0.15) is 0 Å². The van der Waals surface area contributed by atoms with Crippen LogP contribution in [-0.4, -0.2) is 42.1 Å². The van der Waals surface area contributed by atoms with E-state index in [0.29, 0.717) is 35.2 Å². The van der Waals surface area contributed by atoms with Gasteiger partial charge < -0.3 is 10.6 Å². The van der Waals surface area contributed by atoms with Gasteiger partial charge in [0.15, 0.2) is 11.7 Å². The van der Waals surface area contributed by atoms with Crippen LogP contribution < -0.4 is 10.6 Å². The molecule has 1 aromatic heterocycles. The Morgan fingerprint density at radius 2 is 2.26 bits per heavy atom. The standard InChI is InChI=1S/C14H21F3N4S2/c1-18-13(20-9-3-4-10(7-9)22-2)19-6-5-12-21-11(8-23-12)14(15,16)17/h8-10H,3-7H2,1-2H3,(H2,18,19,20). The number of halogens is 3. The van der Waals surface area contributed by atoms with E-state index in [2.05, 4.69) is 26.9 Å². The molecule has 1 aliphatic carbocycles. The van der Waals surface area contributed by atoms with E-state index in [1.807, 2.05) is 11.8 Å². The van der Waals surface area contributed by atoms with Crippen LogP contribution in [0.4, 0.5) is 13.2 Å². The monoisotopic (exact) mass is 366 g/mol. The summed E-state index contributed by atoms with van der Waals surface area (Å²) in [6.07, 6.45) is 1.64. The highest BCUT2D eigenvalue weighted by atomic mass is 32.2. The maximum atomic E-state index is 12.5. The fraction of sp³-hybridized carbons (Fsp3) is 0.714. The van der Waals surface area contributed by atoms with Gasteiger partial charge >= 0.3 is 6.18 Å². The van der Waals surface area contributed by atoms with Gasteiger partial charge in [-0.25, -0.2) is 4.98 Å². The number of nitrogens with one attached hydrogen (secondary N) is 2. The summed E-state index contributed by atoms with van der Waals surface area (Å²) < 4.78 is 37.5. The molecule has 1 saturated carbocycles. The van der Waals surface area contributed by atoms with Crippen LogP contribution in [0, 0.1) is 0 Å². The molecule has 0 aromatic carbocycles. The third-order valence-electron chi connectivity index (χ3n) is 3.76.